The van der Waals surface area contributed by atoms with Crippen molar-refractivity contribution in [1.82, 2.24) is 24.6 Å². The molecule has 1 aromatic carbocycles. The van der Waals surface area contributed by atoms with Gasteiger partial charge in [0.25, 0.3) is 5.78 Å². The van der Waals surface area contributed by atoms with Gasteiger partial charge in [0.1, 0.15) is 17.2 Å². The minimum Gasteiger partial charge on any atom is -0.497 e. The summed E-state index contributed by atoms with van der Waals surface area (Å²) in [6.45, 7) is 3.81. The summed E-state index contributed by atoms with van der Waals surface area (Å²) in [5.41, 5.74) is 2.20. The minimum atomic E-state index is -0.284. The first-order valence-electron chi connectivity index (χ1n) is 9.28. The van der Waals surface area contributed by atoms with Gasteiger partial charge in [-0.3, -0.25) is 4.79 Å². The number of aryl methyl sites for hydroxylation is 2. The van der Waals surface area contributed by atoms with Crippen molar-refractivity contribution in [3.05, 3.63) is 65.9 Å². The number of fused-ring (bicyclic) bond motifs is 1. The summed E-state index contributed by atoms with van der Waals surface area (Å²) in [7, 11) is 1.60. The number of hydrogen-bond donors (Lipinski definition) is 1. The number of rotatable bonds is 6. The molecule has 0 fully saturated rings. The Hall–Kier alpha value is -4.01. The van der Waals surface area contributed by atoms with Gasteiger partial charge in [0.15, 0.2) is 5.82 Å². The molecule has 30 heavy (non-hydrogen) atoms. The molecule has 4 aromatic rings. The Morgan fingerprint density at radius 2 is 1.87 bits per heavy atom. The number of carbonyl (C=O) groups excluding carboxylic acids is 1. The van der Waals surface area contributed by atoms with Gasteiger partial charge in [-0.25, -0.2) is 14.5 Å². The Labute approximate surface area is 172 Å². The van der Waals surface area contributed by atoms with Crippen molar-refractivity contribution in [2.24, 2.45) is 0 Å². The van der Waals surface area contributed by atoms with E-state index in [1.54, 1.807) is 54.2 Å². The number of aromatic nitrogens is 5. The van der Waals surface area contributed by atoms with Crippen LogP contribution in [-0.4, -0.2) is 37.6 Å². The number of amides is 1. The highest BCUT2D eigenvalue weighted by molar-refractivity contribution is 5.93. The molecule has 0 bridgehead atoms. The number of anilines is 1. The molecule has 9 nitrogen and oxygen atoms in total. The van der Waals surface area contributed by atoms with Crippen molar-refractivity contribution in [3.63, 3.8) is 0 Å². The second-order valence-electron chi connectivity index (χ2n) is 6.64. The zero-order chi connectivity index (χ0) is 21.1. The number of methoxy groups -OCH3 is 1. The summed E-state index contributed by atoms with van der Waals surface area (Å²) in [4.78, 5) is 25.5. The van der Waals surface area contributed by atoms with Gasteiger partial charge >= 0.3 is 0 Å². The summed E-state index contributed by atoms with van der Waals surface area (Å²) < 4.78 is 12.6. The average molecular weight is 404 g/mol. The average Bonchev–Trinajstić information content (AvgIpc) is 3.12. The summed E-state index contributed by atoms with van der Waals surface area (Å²) >= 11 is 0. The van der Waals surface area contributed by atoms with E-state index in [1.807, 2.05) is 19.9 Å². The first-order valence-corrected chi connectivity index (χ1v) is 9.28. The standard InChI is InChI=1S/C21H20N6O3/c1-13-11-14(2)27-21(23-13)25-18(26-27)12-19(28)24-17-5-4-10-22-20(17)30-16-8-6-15(29-3)7-9-16/h4-11H,12H2,1-3H3,(H,24,28). The SMILES string of the molecule is COc1ccc(Oc2ncccc2NC(=O)Cc2nc3nc(C)cc(C)n3n2)cc1. The third kappa shape index (κ3) is 4.19. The van der Waals surface area contributed by atoms with Gasteiger partial charge in [-0.1, -0.05) is 0 Å². The number of benzene rings is 1. The van der Waals surface area contributed by atoms with E-state index in [9.17, 15) is 4.79 Å². The van der Waals surface area contributed by atoms with Gasteiger partial charge in [-0.2, -0.15) is 4.98 Å². The molecule has 4 rings (SSSR count). The lowest BCUT2D eigenvalue weighted by Crippen LogP contribution is -2.16. The Morgan fingerprint density at radius 1 is 1.10 bits per heavy atom. The largest absolute Gasteiger partial charge is 0.497 e. The zero-order valence-corrected chi connectivity index (χ0v) is 16.8. The molecule has 0 saturated heterocycles. The van der Waals surface area contributed by atoms with Crippen LogP contribution in [0, 0.1) is 13.8 Å². The molecular weight excluding hydrogens is 384 g/mol. The number of nitrogens with one attached hydrogen (secondary N) is 1. The van der Waals surface area contributed by atoms with Gasteiger partial charge in [0, 0.05) is 17.6 Å². The van der Waals surface area contributed by atoms with Crippen LogP contribution >= 0.6 is 0 Å². The third-order valence-corrected chi connectivity index (χ3v) is 4.30. The van der Waals surface area contributed by atoms with Crippen LogP contribution in [0.15, 0.2) is 48.7 Å². The molecule has 3 heterocycles. The third-order valence-electron chi connectivity index (χ3n) is 4.30. The van der Waals surface area contributed by atoms with Gasteiger partial charge in [-0.05, 0) is 56.3 Å². The summed E-state index contributed by atoms with van der Waals surface area (Å²) in [5, 5.41) is 7.18. The highest BCUT2D eigenvalue weighted by Crippen LogP contribution is 2.28. The molecular formula is C21H20N6O3. The van der Waals surface area contributed by atoms with Gasteiger partial charge in [0.05, 0.1) is 13.5 Å². The molecule has 3 aromatic heterocycles. The van der Waals surface area contributed by atoms with E-state index in [-0.39, 0.29) is 18.2 Å². The molecule has 0 aliphatic carbocycles. The molecule has 0 aliphatic heterocycles. The van der Waals surface area contributed by atoms with Crippen LogP contribution in [0.3, 0.4) is 0 Å². The fraction of sp³-hybridized carbons (Fsp3) is 0.190. The number of carbonyl (C=O) groups is 1. The number of nitrogens with zero attached hydrogens (tertiary/aromatic N) is 5. The molecule has 0 unspecified atom stereocenters. The molecule has 152 valence electrons. The Kier molecular flexibility index (Phi) is 5.25. The van der Waals surface area contributed by atoms with E-state index in [0.29, 0.717) is 23.0 Å². The monoisotopic (exact) mass is 404 g/mol. The van der Waals surface area contributed by atoms with E-state index in [2.05, 4.69) is 25.4 Å². The van der Waals surface area contributed by atoms with Crippen LogP contribution in [0.1, 0.15) is 17.2 Å². The van der Waals surface area contributed by atoms with Crippen molar-refractivity contribution >= 4 is 17.4 Å². The van der Waals surface area contributed by atoms with E-state index in [4.69, 9.17) is 9.47 Å². The second kappa shape index (κ2) is 8.16. The molecule has 0 saturated carbocycles. The maximum Gasteiger partial charge on any atom is 0.252 e. The number of hydrogen-bond acceptors (Lipinski definition) is 7. The lowest BCUT2D eigenvalue weighted by atomic mass is 10.3. The van der Waals surface area contributed by atoms with E-state index in [1.165, 1.54) is 0 Å². The maximum atomic E-state index is 12.6. The molecule has 1 N–H and O–H groups in total. The molecule has 0 radical (unpaired) electrons. The van der Waals surface area contributed by atoms with Crippen molar-refractivity contribution in [3.8, 4) is 17.4 Å². The summed E-state index contributed by atoms with van der Waals surface area (Å²) in [5.74, 6) is 2.15. The Morgan fingerprint density at radius 3 is 2.63 bits per heavy atom. The first kappa shape index (κ1) is 19.3. The van der Waals surface area contributed by atoms with Gasteiger partial charge in [0.2, 0.25) is 11.8 Å². The van der Waals surface area contributed by atoms with Gasteiger partial charge < -0.3 is 14.8 Å². The maximum absolute atomic E-state index is 12.6. The van der Waals surface area contributed by atoms with Crippen molar-refractivity contribution in [1.29, 1.82) is 0 Å². The van der Waals surface area contributed by atoms with Crippen LogP contribution in [-0.2, 0) is 11.2 Å². The fourth-order valence-corrected chi connectivity index (χ4v) is 2.94. The lowest BCUT2D eigenvalue weighted by Gasteiger charge is -2.11. The molecule has 0 atom stereocenters. The first-order chi connectivity index (χ1) is 14.5. The highest BCUT2D eigenvalue weighted by atomic mass is 16.5. The van der Waals surface area contributed by atoms with E-state index >= 15 is 0 Å². The van der Waals surface area contributed by atoms with Crippen molar-refractivity contribution in [2.75, 3.05) is 12.4 Å². The van der Waals surface area contributed by atoms with Crippen LogP contribution < -0.4 is 14.8 Å². The predicted molar refractivity (Wildman–Crippen MR) is 110 cm³/mol. The molecule has 9 heteroatoms. The predicted octanol–water partition coefficient (Wildman–Crippen LogP) is 3.12. The van der Waals surface area contributed by atoms with E-state index < -0.39 is 0 Å². The summed E-state index contributed by atoms with van der Waals surface area (Å²) in [6, 6.07) is 12.4. The number of ether oxygens (including phenoxy) is 2. The minimum absolute atomic E-state index is 0.00127. The van der Waals surface area contributed by atoms with Crippen LogP contribution in [0.4, 0.5) is 5.69 Å². The lowest BCUT2D eigenvalue weighted by molar-refractivity contribution is -0.115. The van der Waals surface area contributed by atoms with Gasteiger partial charge in [-0.15, -0.1) is 5.10 Å². The summed E-state index contributed by atoms with van der Waals surface area (Å²) in [6.07, 6.45) is 1.59. The molecule has 0 spiro atoms. The van der Waals surface area contributed by atoms with Crippen LogP contribution in [0.2, 0.25) is 0 Å². The molecule has 0 aliphatic rings. The Balaban J connectivity index is 1.49. The van der Waals surface area contributed by atoms with E-state index in [0.717, 1.165) is 17.1 Å². The smallest absolute Gasteiger partial charge is 0.252 e. The van der Waals surface area contributed by atoms with Crippen molar-refractivity contribution < 1.29 is 14.3 Å². The molecule has 1 amide bonds. The number of pyridine rings is 1. The van der Waals surface area contributed by atoms with Crippen LogP contribution in [0.25, 0.3) is 5.78 Å². The normalized spacial score (nSPS) is 10.8. The zero-order valence-electron chi connectivity index (χ0n) is 16.8. The Bertz CT molecular complexity index is 1200. The van der Waals surface area contributed by atoms with Crippen molar-refractivity contribution in [2.45, 2.75) is 20.3 Å². The van der Waals surface area contributed by atoms with Crippen LogP contribution in [0.5, 0.6) is 17.4 Å². The second-order valence-corrected chi connectivity index (χ2v) is 6.64. The quantitative estimate of drug-likeness (QED) is 0.526. The fourth-order valence-electron chi connectivity index (χ4n) is 2.94. The topological polar surface area (TPSA) is 104 Å². The highest BCUT2D eigenvalue weighted by Gasteiger charge is 2.14.